The van der Waals surface area contributed by atoms with Crippen molar-refractivity contribution in [3.63, 3.8) is 0 Å². The van der Waals surface area contributed by atoms with Gasteiger partial charge >= 0.3 is 0 Å². The van der Waals surface area contributed by atoms with Crippen LogP contribution < -0.4 is 9.47 Å². The number of ether oxygens (including phenoxy) is 2. The molecule has 4 heteroatoms. The Kier molecular flexibility index (Phi) is 5.85. The van der Waals surface area contributed by atoms with Crippen molar-refractivity contribution in [2.24, 2.45) is 0 Å². The lowest BCUT2D eigenvalue weighted by atomic mass is 10.1. The molecule has 1 saturated heterocycles. The largest absolute Gasteiger partial charge is 0.492 e. The molecule has 1 fully saturated rings. The molecule has 0 amide bonds. The van der Waals surface area contributed by atoms with Gasteiger partial charge in [0, 0.05) is 12.1 Å². The van der Waals surface area contributed by atoms with E-state index >= 15 is 0 Å². The van der Waals surface area contributed by atoms with Gasteiger partial charge in [0.2, 0.25) is 0 Å². The van der Waals surface area contributed by atoms with Crippen molar-refractivity contribution < 1.29 is 14.3 Å². The Morgan fingerprint density at radius 1 is 0.875 bits per heavy atom. The average Bonchev–Trinajstić information content (AvgIpc) is 3.15. The number of hydrogen-bond acceptors (Lipinski definition) is 4. The monoisotopic (exact) mass is 325 g/mol. The van der Waals surface area contributed by atoms with Gasteiger partial charge < -0.3 is 9.47 Å². The number of carbonyl (C=O) groups excluding carboxylic acids is 1. The van der Waals surface area contributed by atoms with E-state index in [1.54, 1.807) is 12.1 Å². The summed E-state index contributed by atoms with van der Waals surface area (Å²) in [7, 11) is 0. The van der Waals surface area contributed by atoms with Crippen LogP contribution in [0, 0.1) is 0 Å². The first-order chi connectivity index (χ1) is 11.8. The highest BCUT2D eigenvalue weighted by Crippen LogP contribution is 2.14. The summed E-state index contributed by atoms with van der Waals surface area (Å²) >= 11 is 0. The molecule has 1 aliphatic heterocycles. The molecule has 0 spiro atoms. The second-order valence-electron chi connectivity index (χ2n) is 5.95. The number of para-hydroxylation sites is 1. The van der Waals surface area contributed by atoms with Crippen LogP contribution in [0.15, 0.2) is 54.6 Å². The van der Waals surface area contributed by atoms with Crippen LogP contribution in [-0.2, 0) is 0 Å². The molecule has 0 N–H and O–H groups in total. The molecule has 0 unspecified atom stereocenters. The minimum absolute atomic E-state index is 0.0394. The van der Waals surface area contributed by atoms with Crippen LogP contribution in [0.5, 0.6) is 11.5 Å². The molecule has 0 aliphatic carbocycles. The molecule has 126 valence electrons. The third-order valence-corrected chi connectivity index (χ3v) is 4.16. The van der Waals surface area contributed by atoms with Gasteiger partial charge in [-0.25, -0.2) is 0 Å². The zero-order valence-electron chi connectivity index (χ0n) is 13.8. The number of carbonyl (C=O) groups is 1. The van der Waals surface area contributed by atoms with Crippen LogP contribution >= 0.6 is 0 Å². The topological polar surface area (TPSA) is 38.8 Å². The van der Waals surface area contributed by atoms with Crippen LogP contribution in [0.1, 0.15) is 23.2 Å². The summed E-state index contributed by atoms with van der Waals surface area (Å²) in [6, 6.07) is 16.6. The molecule has 2 aromatic rings. The van der Waals surface area contributed by atoms with Crippen molar-refractivity contribution in [1.82, 2.24) is 4.90 Å². The van der Waals surface area contributed by atoms with Gasteiger partial charge in [-0.05, 0) is 62.3 Å². The summed E-state index contributed by atoms with van der Waals surface area (Å²) < 4.78 is 11.2. The highest BCUT2D eigenvalue weighted by molar-refractivity contribution is 5.97. The van der Waals surface area contributed by atoms with Crippen LogP contribution in [-0.4, -0.2) is 43.5 Å². The van der Waals surface area contributed by atoms with Crippen LogP contribution in [0.25, 0.3) is 0 Å². The third kappa shape index (κ3) is 4.83. The summed E-state index contributed by atoms with van der Waals surface area (Å²) in [5.74, 6) is 1.46. The second kappa shape index (κ2) is 8.50. The highest BCUT2D eigenvalue weighted by Gasteiger charge is 2.11. The van der Waals surface area contributed by atoms with Crippen molar-refractivity contribution >= 4 is 5.78 Å². The molecule has 0 atom stereocenters. The zero-order valence-corrected chi connectivity index (χ0v) is 13.8. The van der Waals surface area contributed by atoms with Crippen molar-refractivity contribution in [3.05, 3.63) is 60.2 Å². The number of nitrogens with zero attached hydrogens (tertiary/aromatic N) is 1. The number of hydrogen-bond donors (Lipinski definition) is 0. The van der Waals surface area contributed by atoms with Gasteiger partial charge in [-0.1, -0.05) is 18.2 Å². The van der Waals surface area contributed by atoms with Crippen molar-refractivity contribution in [2.75, 3.05) is 32.8 Å². The lowest BCUT2D eigenvalue weighted by molar-refractivity contribution is 0.0921. The maximum absolute atomic E-state index is 12.1. The summed E-state index contributed by atoms with van der Waals surface area (Å²) in [4.78, 5) is 14.6. The third-order valence-electron chi connectivity index (χ3n) is 4.16. The lowest BCUT2D eigenvalue weighted by Crippen LogP contribution is -2.25. The predicted molar refractivity (Wildman–Crippen MR) is 93.9 cm³/mol. The Labute approximate surface area is 143 Å². The van der Waals surface area contributed by atoms with Crippen molar-refractivity contribution in [2.45, 2.75) is 12.8 Å². The summed E-state index contributed by atoms with van der Waals surface area (Å²) in [6.07, 6.45) is 2.59. The van der Waals surface area contributed by atoms with Gasteiger partial charge in [-0.2, -0.15) is 0 Å². The first-order valence-corrected chi connectivity index (χ1v) is 8.47. The quantitative estimate of drug-likeness (QED) is 0.697. The smallest absolute Gasteiger partial charge is 0.200 e. The molecule has 2 aromatic carbocycles. The lowest BCUT2D eigenvalue weighted by Gasteiger charge is -2.15. The SMILES string of the molecule is O=C(COc1ccccc1)c1ccc(OCCN2CCCC2)cc1. The summed E-state index contributed by atoms with van der Waals surface area (Å²) in [6.45, 7) is 4.05. The average molecular weight is 325 g/mol. The van der Waals surface area contributed by atoms with Gasteiger partial charge in [0.1, 0.15) is 18.1 Å². The molecular weight excluding hydrogens is 302 g/mol. The number of ketones is 1. The number of rotatable bonds is 8. The Hall–Kier alpha value is -2.33. The fraction of sp³-hybridized carbons (Fsp3) is 0.350. The number of benzene rings is 2. The number of Topliss-reactive ketones (excluding diaryl/α,β-unsaturated/α-hetero) is 1. The Morgan fingerprint density at radius 3 is 2.25 bits per heavy atom. The normalized spacial score (nSPS) is 14.5. The van der Waals surface area contributed by atoms with E-state index in [2.05, 4.69) is 4.90 Å². The van der Waals surface area contributed by atoms with Gasteiger partial charge in [0.05, 0.1) is 0 Å². The minimum atomic E-state index is -0.0394. The Bertz CT molecular complexity index is 634. The molecule has 1 aliphatic rings. The Morgan fingerprint density at radius 2 is 1.54 bits per heavy atom. The minimum Gasteiger partial charge on any atom is -0.492 e. The standard InChI is InChI=1S/C20H23NO3/c22-20(16-24-18-6-2-1-3-7-18)17-8-10-19(11-9-17)23-15-14-21-12-4-5-13-21/h1-3,6-11H,4-5,12-16H2. The van der Waals surface area contributed by atoms with Crippen LogP contribution in [0.4, 0.5) is 0 Å². The zero-order chi connectivity index (χ0) is 16.6. The molecule has 4 nitrogen and oxygen atoms in total. The molecule has 0 aromatic heterocycles. The van der Waals surface area contributed by atoms with Crippen molar-refractivity contribution in [3.8, 4) is 11.5 Å². The van der Waals surface area contributed by atoms with Crippen LogP contribution in [0.3, 0.4) is 0 Å². The van der Waals surface area contributed by atoms with E-state index in [9.17, 15) is 4.79 Å². The molecule has 0 saturated carbocycles. The van der Waals surface area contributed by atoms with Gasteiger partial charge in [0.15, 0.2) is 12.4 Å². The van der Waals surface area contributed by atoms with E-state index in [0.29, 0.717) is 17.9 Å². The van der Waals surface area contributed by atoms with E-state index in [1.807, 2.05) is 42.5 Å². The van der Waals surface area contributed by atoms with Gasteiger partial charge in [-0.15, -0.1) is 0 Å². The second-order valence-corrected chi connectivity index (χ2v) is 5.95. The van der Waals surface area contributed by atoms with E-state index in [-0.39, 0.29) is 12.4 Å². The Balaban J connectivity index is 1.43. The molecule has 1 heterocycles. The predicted octanol–water partition coefficient (Wildman–Crippen LogP) is 3.42. The van der Waals surface area contributed by atoms with Crippen molar-refractivity contribution in [1.29, 1.82) is 0 Å². The highest BCUT2D eigenvalue weighted by atomic mass is 16.5. The molecule has 0 radical (unpaired) electrons. The molecule has 0 bridgehead atoms. The molecular formula is C20H23NO3. The fourth-order valence-electron chi connectivity index (χ4n) is 2.78. The van der Waals surface area contributed by atoms with Crippen LogP contribution in [0.2, 0.25) is 0 Å². The van der Waals surface area contributed by atoms with E-state index in [1.165, 1.54) is 25.9 Å². The molecule has 24 heavy (non-hydrogen) atoms. The van der Waals surface area contributed by atoms with E-state index < -0.39 is 0 Å². The first kappa shape index (κ1) is 16.5. The van der Waals surface area contributed by atoms with Gasteiger partial charge in [0.25, 0.3) is 0 Å². The maximum Gasteiger partial charge on any atom is 0.200 e. The molecule has 3 rings (SSSR count). The first-order valence-electron chi connectivity index (χ1n) is 8.47. The maximum atomic E-state index is 12.1. The fourth-order valence-corrected chi connectivity index (χ4v) is 2.78. The van der Waals surface area contributed by atoms with E-state index in [4.69, 9.17) is 9.47 Å². The summed E-state index contributed by atoms with van der Waals surface area (Å²) in [5.41, 5.74) is 0.637. The number of likely N-dealkylation sites (tertiary alicyclic amines) is 1. The summed E-state index contributed by atoms with van der Waals surface area (Å²) in [5, 5.41) is 0. The van der Waals surface area contributed by atoms with E-state index in [0.717, 1.165) is 12.3 Å². The van der Waals surface area contributed by atoms with Gasteiger partial charge in [-0.3, -0.25) is 9.69 Å².